The maximum Gasteiger partial charge on any atom is 0.573 e. The van der Waals surface area contributed by atoms with E-state index in [0.29, 0.717) is 12.0 Å². The fraction of sp³-hybridized carbons (Fsp3) is 0.611. The van der Waals surface area contributed by atoms with Crippen LogP contribution in [0.2, 0.25) is 0 Å². The van der Waals surface area contributed by atoms with Gasteiger partial charge >= 0.3 is 6.36 Å². The lowest BCUT2D eigenvalue weighted by Gasteiger charge is -2.28. The largest absolute Gasteiger partial charge is 0.573 e. The van der Waals surface area contributed by atoms with Crippen LogP contribution < -0.4 is 10.1 Å². The molecule has 144 valence electrons. The van der Waals surface area contributed by atoms with Gasteiger partial charge in [0.2, 0.25) is 5.91 Å². The number of hydrogen-bond donors (Lipinski definition) is 1. The van der Waals surface area contributed by atoms with Crippen LogP contribution in [0.5, 0.6) is 5.75 Å². The number of fused-ring (bicyclic) bond motifs is 2. The molecule has 3 aliphatic rings. The van der Waals surface area contributed by atoms with Gasteiger partial charge in [0.25, 0.3) is 0 Å². The van der Waals surface area contributed by atoms with Crippen molar-refractivity contribution in [2.75, 3.05) is 13.1 Å². The second kappa shape index (κ2) is 7.27. The van der Waals surface area contributed by atoms with Crippen molar-refractivity contribution in [3.63, 3.8) is 0 Å². The fourth-order valence-corrected chi connectivity index (χ4v) is 4.35. The first-order valence-electron chi connectivity index (χ1n) is 8.81. The second-order valence-electron chi connectivity index (χ2n) is 7.16. The highest BCUT2D eigenvalue weighted by Gasteiger charge is 2.51. The average Bonchev–Trinajstić information content (AvgIpc) is 3.25. The minimum Gasteiger partial charge on any atom is -0.405 e. The van der Waals surface area contributed by atoms with E-state index in [2.05, 4.69) is 10.1 Å². The van der Waals surface area contributed by atoms with Crippen molar-refractivity contribution in [2.45, 2.75) is 50.0 Å². The number of nitrogens with one attached hydrogen (secondary N) is 1. The lowest BCUT2D eigenvalue weighted by molar-refractivity contribution is -0.274. The van der Waals surface area contributed by atoms with E-state index in [1.807, 2.05) is 4.90 Å². The van der Waals surface area contributed by atoms with E-state index in [4.69, 9.17) is 0 Å². The quantitative estimate of drug-likeness (QED) is 0.859. The first-order valence-corrected chi connectivity index (χ1v) is 8.81. The molecule has 4 rings (SSSR count). The molecule has 4 unspecified atom stereocenters. The third-order valence-corrected chi connectivity index (χ3v) is 5.56. The molecule has 2 saturated heterocycles. The summed E-state index contributed by atoms with van der Waals surface area (Å²) >= 11 is 0. The molecule has 1 N–H and O–H groups in total. The summed E-state index contributed by atoms with van der Waals surface area (Å²) in [5, 5.41) is 3.36. The van der Waals surface area contributed by atoms with E-state index in [0.717, 1.165) is 32.4 Å². The maximum atomic E-state index is 13.0. The number of rotatable bonds is 3. The van der Waals surface area contributed by atoms with E-state index in [-0.39, 0.29) is 48.0 Å². The van der Waals surface area contributed by atoms with Gasteiger partial charge in [-0.25, -0.2) is 0 Å². The zero-order valence-electron chi connectivity index (χ0n) is 14.2. The highest BCUT2D eigenvalue weighted by Crippen LogP contribution is 2.52. The Hall–Kier alpha value is -1.47. The van der Waals surface area contributed by atoms with Gasteiger partial charge in [0.05, 0.1) is 0 Å². The first-order chi connectivity index (χ1) is 11.9. The molecule has 0 radical (unpaired) electrons. The van der Waals surface area contributed by atoms with Gasteiger partial charge in [0, 0.05) is 24.5 Å². The molecule has 1 aromatic rings. The number of para-hydroxylation sites is 1. The van der Waals surface area contributed by atoms with Gasteiger partial charge in [-0.1, -0.05) is 18.2 Å². The summed E-state index contributed by atoms with van der Waals surface area (Å²) < 4.78 is 42.0. The lowest BCUT2D eigenvalue weighted by atomic mass is 10.1. The first kappa shape index (κ1) is 19.3. The molecule has 1 saturated carbocycles. The van der Waals surface area contributed by atoms with Crippen LogP contribution in [0, 0.1) is 5.92 Å². The summed E-state index contributed by atoms with van der Waals surface area (Å²) in [4.78, 5) is 15.0. The van der Waals surface area contributed by atoms with E-state index in [1.54, 1.807) is 12.1 Å². The lowest BCUT2D eigenvalue weighted by Crippen LogP contribution is -2.43. The summed E-state index contributed by atoms with van der Waals surface area (Å²) in [6.07, 6.45) is -1.13. The summed E-state index contributed by atoms with van der Waals surface area (Å²) in [6, 6.07) is 6.67. The SMILES string of the molecule is Cl.O=C(C1CC1c1ccccc1OC(F)(F)F)N1C2CCNCC1CC2. The monoisotopic (exact) mass is 390 g/mol. The number of ether oxygens (including phenoxy) is 1. The van der Waals surface area contributed by atoms with Crippen molar-refractivity contribution in [1.82, 2.24) is 10.2 Å². The van der Waals surface area contributed by atoms with Gasteiger partial charge in [0.15, 0.2) is 0 Å². The third-order valence-electron chi connectivity index (χ3n) is 5.56. The number of nitrogens with zero attached hydrogens (tertiary/aromatic N) is 1. The Morgan fingerprint density at radius 3 is 2.65 bits per heavy atom. The van der Waals surface area contributed by atoms with Crippen LogP contribution >= 0.6 is 12.4 Å². The maximum absolute atomic E-state index is 13.0. The fourth-order valence-electron chi connectivity index (χ4n) is 4.35. The van der Waals surface area contributed by atoms with Gasteiger partial charge in [-0.2, -0.15) is 0 Å². The molecule has 1 aromatic carbocycles. The smallest absolute Gasteiger partial charge is 0.405 e. The van der Waals surface area contributed by atoms with Gasteiger partial charge in [-0.05, 0) is 49.8 Å². The molecular weight excluding hydrogens is 369 g/mol. The minimum absolute atomic E-state index is 0. The van der Waals surface area contributed by atoms with Crippen molar-refractivity contribution in [3.8, 4) is 5.75 Å². The predicted molar refractivity (Wildman–Crippen MR) is 92.4 cm³/mol. The molecule has 4 nitrogen and oxygen atoms in total. The minimum atomic E-state index is -4.72. The Morgan fingerprint density at radius 2 is 1.88 bits per heavy atom. The van der Waals surface area contributed by atoms with Gasteiger partial charge in [0.1, 0.15) is 5.75 Å². The molecule has 1 aliphatic carbocycles. The Morgan fingerprint density at radius 1 is 1.15 bits per heavy atom. The topological polar surface area (TPSA) is 41.6 Å². The van der Waals surface area contributed by atoms with Gasteiger partial charge in [-0.3, -0.25) is 4.79 Å². The molecule has 2 bridgehead atoms. The molecule has 0 aromatic heterocycles. The predicted octanol–water partition coefficient (Wildman–Crippen LogP) is 3.46. The number of amides is 1. The van der Waals surface area contributed by atoms with Crippen LogP contribution in [0.4, 0.5) is 13.2 Å². The van der Waals surface area contributed by atoms with Crippen LogP contribution in [-0.4, -0.2) is 42.3 Å². The highest BCUT2D eigenvalue weighted by atomic mass is 35.5. The van der Waals surface area contributed by atoms with Crippen LogP contribution in [0.15, 0.2) is 24.3 Å². The Bertz CT molecular complexity index is 656. The summed E-state index contributed by atoms with van der Waals surface area (Å²) in [6.45, 7) is 1.73. The standard InChI is InChI=1S/C18H21F3N2O2.ClH/c19-18(20,21)25-16-4-2-1-3-13(16)14-9-15(14)17(24)23-11-5-6-12(23)10-22-8-7-11;/h1-4,11-12,14-15,22H,5-10H2;1H. The summed E-state index contributed by atoms with van der Waals surface area (Å²) in [7, 11) is 0. The van der Waals surface area contributed by atoms with Crippen molar-refractivity contribution in [1.29, 1.82) is 0 Å². The molecule has 8 heteroatoms. The Labute approximate surface area is 156 Å². The van der Waals surface area contributed by atoms with Crippen LogP contribution in [0.1, 0.15) is 37.2 Å². The third kappa shape index (κ3) is 3.78. The van der Waals surface area contributed by atoms with Crippen LogP contribution in [0.25, 0.3) is 0 Å². The Kier molecular flexibility index (Phi) is 5.40. The number of halogens is 4. The Balaban J connectivity index is 0.00000196. The van der Waals surface area contributed by atoms with Crippen molar-refractivity contribution < 1.29 is 22.7 Å². The van der Waals surface area contributed by atoms with Crippen LogP contribution in [-0.2, 0) is 4.79 Å². The molecule has 1 amide bonds. The molecule has 4 atom stereocenters. The van der Waals surface area contributed by atoms with Crippen LogP contribution in [0.3, 0.4) is 0 Å². The van der Waals surface area contributed by atoms with E-state index < -0.39 is 6.36 Å². The van der Waals surface area contributed by atoms with Crippen molar-refractivity contribution in [2.24, 2.45) is 5.92 Å². The molecular formula is C18H22ClF3N2O2. The molecule has 2 aliphatic heterocycles. The van der Waals surface area contributed by atoms with Crippen molar-refractivity contribution in [3.05, 3.63) is 29.8 Å². The van der Waals surface area contributed by atoms with E-state index in [1.165, 1.54) is 12.1 Å². The number of carbonyl (C=O) groups is 1. The van der Waals surface area contributed by atoms with E-state index >= 15 is 0 Å². The normalized spacial score (nSPS) is 30.3. The molecule has 3 fully saturated rings. The summed E-state index contributed by atoms with van der Waals surface area (Å²) in [5.74, 6) is -0.486. The number of alkyl halides is 3. The average molecular weight is 391 g/mol. The second-order valence-corrected chi connectivity index (χ2v) is 7.16. The van der Waals surface area contributed by atoms with Crippen molar-refractivity contribution >= 4 is 18.3 Å². The number of hydrogen-bond acceptors (Lipinski definition) is 3. The van der Waals surface area contributed by atoms with Gasteiger partial charge in [-0.15, -0.1) is 25.6 Å². The van der Waals surface area contributed by atoms with E-state index in [9.17, 15) is 18.0 Å². The zero-order valence-corrected chi connectivity index (χ0v) is 15.0. The molecule has 0 spiro atoms. The van der Waals surface area contributed by atoms with Gasteiger partial charge < -0.3 is 15.0 Å². The highest BCUT2D eigenvalue weighted by molar-refractivity contribution is 5.85. The zero-order chi connectivity index (χ0) is 17.6. The summed E-state index contributed by atoms with van der Waals surface area (Å²) in [5.41, 5.74) is 0.485. The molecule has 2 heterocycles. The number of carbonyl (C=O) groups excluding carboxylic acids is 1. The number of benzene rings is 1. The molecule has 26 heavy (non-hydrogen) atoms.